The summed E-state index contributed by atoms with van der Waals surface area (Å²) >= 11 is 0. The number of carbonyl (C=O) groups is 2. The molecule has 0 aliphatic carbocycles. The molecule has 0 bridgehead atoms. The normalized spacial score (nSPS) is 17.7. The van der Waals surface area contributed by atoms with Crippen LogP contribution in [0.15, 0.2) is 29.2 Å². The van der Waals surface area contributed by atoms with Crippen LogP contribution in [0.2, 0.25) is 0 Å². The Hall–Kier alpha value is -1.97. The third kappa shape index (κ3) is 4.53. The summed E-state index contributed by atoms with van der Waals surface area (Å²) in [5, 5.41) is 2.50. The third-order valence-corrected chi connectivity index (χ3v) is 5.25. The van der Waals surface area contributed by atoms with Crippen LogP contribution in [0.3, 0.4) is 0 Å². The predicted molar refractivity (Wildman–Crippen MR) is 85.9 cm³/mol. The molecule has 1 aromatic rings. The Labute approximate surface area is 140 Å². The molecular formula is C15H20N2O6S. The van der Waals surface area contributed by atoms with Crippen molar-refractivity contribution in [2.75, 3.05) is 32.6 Å². The lowest BCUT2D eigenvalue weighted by molar-refractivity contribution is -0.156. The molecule has 24 heavy (non-hydrogen) atoms. The maximum atomic E-state index is 12.1. The molecule has 8 nitrogen and oxygen atoms in total. The quantitative estimate of drug-likeness (QED) is 0.749. The molecule has 1 aromatic carbocycles. The Morgan fingerprint density at radius 2 is 2.12 bits per heavy atom. The number of rotatable bonds is 6. The second-order valence-electron chi connectivity index (χ2n) is 5.47. The van der Waals surface area contributed by atoms with Crippen LogP contribution in [-0.2, 0) is 29.1 Å². The molecule has 1 atom stereocenters. The first-order valence-electron chi connectivity index (χ1n) is 7.41. The van der Waals surface area contributed by atoms with E-state index in [1.54, 1.807) is 6.07 Å². The largest absolute Gasteiger partial charge is 0.454 e. The Kier molecular flexibility index (Phi) is 5.92. The van der Waals surface area contributed by atoms with Crippen molar-refractivity contribution >= 4 is 27.6 Å². The lowest BCUT2D eigenvalue weighted by Gasteiger charge is -2.13. The van der Waals surface area contributed by atoms with Gasteiger partial charge in [0.2, 0.25) is 10.0 Å². The van der Waals surface area contributed by atoms with Crippen molar-refractivity contribution in [1.29, 1.82) is 0 Å². The summed E-state index contributed by atoms with van der Waals surface area (Å²) in [5.74, 6) is -1.12. The number of carbonyl (C=O) groups excluding carboxylic acids is 2. The third-order valence-electron chi connectivity index (χ3n) is 3.43. The summed E-state index contributed by atoms with van der Waals surface area (Å²) in [6.45, 7) is 0.0580. The zero-order valence-corrected chi connectivity index (χ0v) is 14.3. The Morgan fingerprint density at radius 3 is 2.75 bits per heavy atom. The van der Waals surface area contributed by atoms with Crippen LogP contribution in [0.25, 0.3) is 0 Å². The van der Waals surface area contributed by atoms with Gasteiger partial charge in [-0.1, -0.05) is 6.07 Å². The van der Waals surface area contributed by atoms with E-state index < -0.39 is 34.6 Å². The summed E-state index contributed by atoms with van der Waals surface area (Å²) in [6.07, 6.45) is 0.774. The highest BCUT2D eigenvalue weighted by Crippen LogP contribution is 2.18. The average Bonchev–Trinajstić information content (AvgIpc) is 3.07. The summed E-state index contributed by atoms with van der Waals surface area (Å²) in [6, 6.07) is 5.84. The summed E-state index contributed by atoms with van der Waals surface area (Å²) < 4.78 is 35.3. The number of anilines is 1. The van der Waals surface area contributed by atoms with Crippen LogP contribution in [0, 0.1) is 0 Å². The molecule has 0 spiro atoms. The van der Waals surface area contributed by atoms with E-state index in [1.165, 1.54) is 32.3 Å². The van der Waals surface area contributed by atoms with Gasteiger partial charge < -0.3 is 14.8 Å². The first-order chi connectivity index (χ1) is 11.3. The molecule has 1 heterocycles. The fraction of sp³-hybridized carbons (Fsp3) is 0.467. The van der Waals surface area contributed by atoms with Crippen molar-refractivity contribution in [1.82, 2.24) is 4.31 Å². The molecule has 1 saturated heterocycles. The molecule has 1 N–H and O–H groups in total. The summed E-state index contributed by atoms with van der Waals surface area (Å²) in [7, 11) is -0.748. The second kappa shape index (κ2) is 7.73. The van der Waals surface area contributed by atoms with Gasteiger partial charge in [-0.3, -0.25) is 4.79 Å². The smallest absolute Gasteiger partial charge is 0.335 e. The van der Waals surface area contributed by atoms with Crippen LogP contribution in [-0.4, -0.2) is 58.0 Å². The van der Waals surface area contributed by atoms with Gasteiger partial charge in [0.05, 0.1) is 4.90 Å². The second-order valence-corrected chi connectivity index (χ2v) is 7.62. The van der Waals surface area contributed by atoms with Crippen molar-refractivity contribution in [2.24, 2.45) is 0 Å². The SMILES string of the molecule is CN(C)S(=O)(=O)c1cccc(NC(=O)COC(=O)[C@@H]2CCCO2)c1. The molecule has 0 radical (unpaired) electrons. The highest BCUT2D eigenvalue weighted by Gasteiger charge is 2.25. The number of sulfonamides is 1. The van der Waals surface area contributed by atoms with Crippen molar-refractivity contribution in [2.45, 2.75) is 23.8 Å². The topological polar surface area (TPSA) is 102 Å². The minimum absolute atomic E-state index is 0.0571. The van der Waals surface area contributed by atoms with Gasteiger partial charge in [-0.15, -0.1) is 0 Å². The first kappa shape index (κ1) is 18.4. The Bertz CT molecular complexity index is 710. The van der Waals surface area contributed by atoms with E-state index in [1.807, 2.05) is 0 Å². The standard InChI is InChI=1S/C15H20N2O6S/c1-17(2)24(20,21)12-6-3-5-11(9-12)16-14(18)10-23-15(19)13-7-4-8-22-13/h3,5-6,9,13H,4,7-8,10H2,1-2H3,(H,16,18)/t13-/m0/s1. The fourth-order valence-corrected chi connectivity index (χ4v) is 3.08. The number of ether oxygens (including phenoxy) is 2. The molecule has 9 heteroatoms. The van der Waals surface area contributed by atoms with Gasteiger partial charge in [-0.25, -0.2) is 17.5 Å². The van der Waals surface area contributed by atoms with Gasteiger partial charge in [0.1, 0.15) is 0 Å². The van der Waals surface area contributed by atoms with Gasteiger partial charge in [-0.2, -0.15) is 0 Å². The average molecular weight is 356 g/mol. The first-order valence-corrected chi connectivity index (χ1v) is 8.85. The van der Waals surface area contributed by atoms with E-state index in [-0.39, 0.29) is 4.90 Å². The highest BCUT2D eigenvalue weighted by atomic mass is 32.2. The van der Waals surface area contributed by atoms with Crippen LogP contribution in [0.1, 0.15) is 12.8 Å². The molecule has 0 aromatic heterocycles. The van der Waals surface area contributed by atoms with Crippen LogP contribution < -0.4 is 5.32 Å². The molecule has 0 saturated carbocycles. The van der Waals surface area contributed by atoms with E-state index >= 15 is 0 Å². The molecule has 1 aliphatic heterocycles. The number of nitrogens with zero attached hydrogens (tertiary/aromatic N) is 1. The van der Waals surface area contributed by atoms with Crippen LogP contribution >= 0.6 is 0 Å². The number of hydrogen-bond acceptors (Lipinski definition) is 6. The van der Waals surface area contributed by atoms with Gasteiger partial charge in [0, 0.05) is 26.4 Å². The van der Waals surface area contributed by atoms with Crippen LogP contribution in [0.5, 0.6) is 0 Å². The molecule has 1 aliphatic rings. The minimum atomic E-state index is -3.59. The van der Waals surface area contributed by atoms with E-state index in [0.717, 1.165) is 10.7 Å². The minimum Gasteiger partial charge on any atom is -0.454 e. The molecule has 132 valence electrons. The number of benzene rings is 1. The fourth-order valence-electron chi connectivity index (χ4n) is 2.14. The van der Waals surface area contributed by atoms with E-state index in [4.69, 9.17) is 9.47 Å². The maximum absolute atomic E-state index is 12.1. The zero-order valence-electron chi connectivity index (χ0n) is 13.5. The zero-order chi connectivity index (χ0) is 17.7. The molecule has 1 fully saturated rings. The molecule has 2 rings (SSSR count). The van der Waals surface area contributed by atoms with Gasteiger partial charge in [-0.05, 0) is 31.0 Å². The van der Waals surface area contributed by atoms with Crippen molar-refractivity contribution < 1.29 is 27.5 Å². The number of nitrogens with one attached hydrogen (secondary N) is 1. The molecule has 0 unspecified atom stereocenters. The predicted octanol–water partition coefficient (Wildman–Crippen LogP) is 0.598. The number of esters is 1. The van der Waals surface area contributed by atoms with Crippen molar-refractivity contribution in [3.63, 3.8) is 0 Å². The maximum Gasteiger partial charge on any atom is 0.335 e. The highest BCUT2D eigenvalue weighted by molar-refractivity contribution is 7.89. The lowest BCUT2D eigenvalue weighted by atomic mass is 10.2. The molecular weight excluding hydrogens is 336 g/mol. The van der Waals surface area contributed by atoms with E-state index in [0.29, 0.717) is 18.7 Å². The number of hydrogen-bond donors (Lipinski definition) is 1. The van der Waals surface area contributed by atoms with Crippen molar-refractivity contribution in [3.05, 3.63) is 24.3 Å². The molecule has 1 amide bonds. The summed E-state index contributed by atoms with van der Waals surface area (Å²) in [5.41, 5.74) is 0.302. The van der Waals surface area contributed by atoms with Crippen LogP contribution in [0.4, 0.5) is 5.69 Å². The van der Waals surface area contributed by atoms with E-state index in [9.17, 15) is 18.0 Å². The number of amides is 1. The van der Waals surface area contributed by atoms with Crippen molar-refractivity contribution in [3.8, 4) is 0 Å². The van der Waals surface area contributed by atoms with Gasteiger partial charge in [0.25, 0.3) is 5.91 Å². The van der Waals surface area contributed by atoms with Gasteiger partial charge in [0.15, 0.2) is 12.7 Å². The monoisotopic (exact) mass is 356 g/mol. The van der Waals surface area contributed by atoms with E-state index in [2.05, 4.69) is 5.32 Å². The Balaban J connectivity index is 1.93. The van der Waals surface area contributed by atoms with Gasteiger partial charge >= 0.3 is 5.97 Å². The lowest BCUT2D eigenvalue weighted by Crippen LogP contribution is -2.27. The Morgan fingerprint density at radius 1 is 1.38 bits per heavy atom. The summed E-state index contributed by atoms with van der Waals surface area (Å²) in [4.78, 5) is 23.5.